The smallest absolute Gasteiger partial charge is 0.435 e. The number of carbonyl (C=O) groups excluding carboxylic acids is 3. The fraction of sp³-hybridized carbons (Fsp3) is 0.273. The minimum atomic E-state index is -4.72. The minimum Gasteiger partial charge on any atom is -0.447 e. The van der Waals surface area contributed by atoms with E-state index in [2.05, 4.69) is 5.10 Å². The topological polar surface area (TPSA) is 163 Å². The first-order valence-electron chi connectivity index (χ1n) is 15.9. The zero-order valence-electron chi connectivity index (χ0n) is 27.5. The number of imide groups is 1. The molecular weight excluding hydrogens is 711 g/mol. The number of fused-ring (bicyclic) bond motifs is 1. The molecule has 0 saturated carbocycles. The number of carbonyl (C=O) groups is 3. The lowest BCUT2D eigenvalue weighted by atomic mass is 10.1. The van der Waals surface area contributed by atoms with E-state index in [4.69, 9.17) is 14.2 Å². The second-order valence-electron chi connectivity index (χ2n) is 12.2. The summed E-state index contributed by atoms with van der Waals surface area (Å²) in [7, 11) is -4.44. The Balaban J connectivity index is 0.960. The van der Waals surface area contributed by atoms with E-state index < -0.39 is 52.1 Å². The first kappa shape index (κ1) is 34.5. The highest BCUT2D eigenvalue weighted by Crippen LogP contribution is 2.33. The zero-order chi connectivity index (χ0) is 36.9. The lowest BCUT2D eigenvalue weighted by molar-refractivity contribution is -0.141. The van der Waals surface area contributed by atoms with E-state index in [0.29, 0.717) is 24.9 Å². The van der Waals surface area contributed by atoms with Crippen LogP contribution in [-0.4, -0.2) is 76.4 Å². The number of rotatable bonds is 10. The molecule has 0 radical (unpaired) electrons. The maximum atomic E-state index is 13.6. The van der Waals surface area contributed by atoms with E-state index in [1.54, 1.807) is 53.5 Å². The lowest BCUT2D eigenvalue weighted by Crippen LogP contribution is -2.45. The molecule has 272 valence electrons. The molecule has 52 heavy (non-hydrogen) atoms. The molecule has 4 heterocycles. The van der Waals surface area contributed by atoms with Crippen molar-refractivity contribution in [2.24, 2.45) is 0 Å². The van der Waals surface area contributed by atoms with Crippen molar-refractivity contribution in [1.29, 1.82) is 0 Å². The third-order valence-electron chi connectivity index (χ3n) is 8.62. The number of alkyl halides is 3. The van der Waals surface area contributed by atoms with Gasteiger partial charge in [0.15, 0.2) is 5.69 Å². The molecule has 1 saturated heterocycles. The van der Waals surface area contributed by atoms with Crippen molar-refractivity contribution in [3.63, 3.8) is 0 Å². The van der Waals surface area contributed by atoms with Gasteiger partial charge in [-0.3, -0.25) is 14.6 Å². The Morgan fingerprint density at radius 3 is 2.31 bits per heavy atom. The Morgan fingerprint density at radius 2 is 1.67 bits per heavy atom. The second-order valence-corrected chi connectivity index (χ2v) is 13.8. The Morgan fingerprint density at radius 1 is 1.02 bits per heavy atom. The van der Waals surface area contributed by atoms with Crippen molar-refractivity contribution >= 4 is 27.9 Å². The highest BCUT2D eigenvalue weighted by atomic mass is 32.2. The van der Waals surface area contributed by atoms with E-state index in [-0.39, 0.29) is 34.0 Å². The Bertz CT molecular complexity index is 2220. The highest BCUT2D eigenvalue weighted by Gasteiger charge is 2.41. The fourth-order valence-corrected chi connectivity index (χ4v) is 6.85. The van der Waals surface area contributed by atoms with Crippen molar-refractivity contribution < 1.29 is 50.2 Å². The molecule has 1 N–H and O–H groups in total. The van der Waals surface area contributed by atoms with Gasteiger partial charge in [-0.15, -0.1) is 0 Å². The lowest BCUT2D eigenvalue weighted by Gasteiger charge is -2.21. The average Bonchev–Trinajstić information content (AvgIpc) is 3.41. The van der Waals surface area contributed by atoms with E-state index in [1.807, 2.05) is 11.6 Å². The molecule has 2 aromatic heterocycles. The van der Waals surface area contributed by atoms with Crippen LogP contribution in [0, 0.1) is 6.92 Å². The number of hydrogen-bond donors (Lipinski definition) is 1. The van der Waals surface area contributed by atoms with Gasteiger partial charge >= 0.3 is 12.3 Å². The molecule has 0 bridgehead atoms. The van der Waals surface area contributed by atoms with E-state index in [9.17, 15) is 36.0 Å². The highest BCUT2D eigenvalue weighted by molar-refractivity contribution is 7.90. The maximum Gasteiger partial charge on any atom is 0.435 e. The molecule has 3 aromatic carbocycles. The number of nitrogens with one attached hydrogen (secondary N) is 1. The van der Waals surface area contributed by atoms with Gasteiger partial charge in [-0.25, -0.2) is 27.5 Å². The molecule has 2 atom stereocenters. The maximum absolute atomic E-state index is 13.6. The molecule has 2 aliphatic rings. The minimum absolute atomic E-state index is 0.144. The van der Waals surface area contributed by atoms with Crippen LogP contribution < -0.4 is 14.6 Å². The van der Waals surface area contributed by atoms with Gasteiger partial charge in [0.25, 0.3) is 21.8 Å². The molecule has 2 aliphatic heterocycles. The van der Waals surface area contributed by atoms with Crippen LogP contribution in [0.1, 0.15) is 51.7 Å². The summed E-state index contributed by atoms with van der Waals surface area (Å²) < 4.78 is 80.2. The molecule has 7 rings (SSSR count). The number of halogens is 3. The van der Waals surface area contributed by atoms with Crippen LogP contribution in [-0.2, 0) is 20.9 Å². The van der Waals surface area contributed by atoms with Gasteiger partial charge in [0, 0.05) is 12.1 Å². The van der Waals surface area contributed by atoms with Gasteiger partial charge in [-0.2, -0.15) is 22.9 Å². The second kappa shape index (κ2) is 13.0. The molecule has 5 aromatic rings. The van der Waals surface area contributed by atoms with Crippen LogP contribution >= 0.6 is 0 Å². The van der Waals surface area contributed by atoms with Gasteiger partial charge in [-0.1, -0.05) is 42.0 Å². The molecule has 0 aliphatic carbocycles. The molecule has 3 amide bonds. The van der Waals surface area contributed by atoms with Crippen LogP contribution in [0.25, 0.3) is 16.9 Å². The largest absolute Gasteiger partial charge is 0.447 e. The summed E-state index contributed by atoms with van der Waals surface area (Å²) in [4.78, 5) is 45.6. The Hall–Kier alpha value is -5.98. The number of hydrogen-bond acceptors (Lipinski definition) is 10. The predicted octanol–water partition coefficient (Wildman–Crippen LogP) is 4.35. The molecular formula is C33H30F3N7O8S. The number of ether oxygens (including phenoxy) is 1. The molecule has 19 heteroatoms. The Kier molecular flexibility index (Phi) is 8.60. The van der Waals surface area contributed by atoms with E-state index >= 15 is 0 Å². The SMILES string of the molecule is Cc1ccc(-c2cc(C(F)(F)F)nn2-c2ccc(S(=O)(=O)NC(=O)OC[C@@H]3CCCN3n3on3OC(C)N3C(=O)c4ccccc4C3=O)cc2)cc1. The van der Waals surface area contributed by atoms with Crippen molar-refractivity contribution in [2.75, 3.05) is 18.2 Å². The molecule has 1 unspecified atom stereocenters. The zero-order valence-corrected chi connectivity index (χ0v) is 28.3. The summed E-state index contributed by atoms with van der Waals surface area (Å²) in [5.74, 6) is -1.01. The van der Waals surface area contributed by atoms with Crippen LogP contribution in [0.2, 0.25) is 0 Å². The first-order chi connectivity index (χ1) is 24.7. The van der Waals surface area contributed by atoms with Crippen LogP contribution in [0.4, 0.5) is 18.0 Å². The van der Waals surface area contributed by atoms with Gasteiger partial charge < -0.3 is 9.57 Å². The quantitative estimate of drug-likeness (QED) is 0.204. The summed E-state index contributed by atoms with van der Waals surface area (Å²) in [6.45, 7) is 3.58. The summed E-state index contributed by atoms with van der Waals surface area (Å²) in [5, 5.41) is 6.36. The predicted molar refractivity (Wildman–Crippen MR) is 174 cm³/mol. The van der Waals surface area contributed by atoms with E-state index in [1.165, 1.54) is 24.0 Å². The van der Waals surface area contributed by atoms with Crippen molar-refractivity contribution in [1.82, 2.24) is 29.4 Å². The number of aromatic nitrogens is 4. The summed E-state index contributed by atoms with van der Waals surface area (Å²) in [6.07, 6.45) is -5.76. The monoisotopic (exact) mass is 741 g/mol. The van der Waals surface area contributed by atoms with Gasteiger partial charge in [0.2, 0.25) is 6.23 Å². The third-order valence-corrected chi connectivity index (χ3v) is 9.95. The number of sulfonamides is 1. The summed E-state index contributed by atoms with van der Waals surface area (Å²) >= 11 is 0. The standard InChI is InChI=1S/C33H30F3N7O8S/c1-20-9-11-22(12-10-20)28-18-29(33(34,35)36)37-41(28)23-13-15-25(16-14-23)52(47,48)38-32(46)49-19-24-6-5-17-39(24)42-43(51-42)50-21(2)40-30(44)26-7-3-4-8-27(26)31(40)45/h3-4,7-16,18,21,24H,5-6,17,19H2,1-2H3,(H,38,46)/t21?,24-,42?,43?/m0/s1. The van der Waals surface area contributed by atoms with Gasteiger partial charge in [-0.05, 0) is 69.2 Å². The van der Waals surface area contributed by atoms with Crippen LogP contribution in [0.5, 0.6) is 0 Å². The number of nitrogens with zero attached hydrogens (tertiary/aromatic N) is 6. The molecule has 1 fully saturated rings. The average molecular weight is 742 g/mol. The molecule has 15 nitrogen and oxygen atoms in total. The van der Waals surface area contributed by atoms with E-state index in [0.717, 1.165) is 38.4 Å². The molecule has 0 spiro atoms. The normalized spacial score (nSPS) is 16.8. The van der Waals surface area contributed by atoms with Gasteiger partial charge in [0.05, 0.1) is 38.4 Å². The van der Waals surface area contributed by atoms with Crippen LogP contribution in [0.15, 0.2) is 88.4 Å². The number of amides is 3. The van der Waals surface area contributed by atoms with Crippen molar-refractivity contribution in [2.45, 2.75) is 50.0 Å². The van der Waals surface area contributed by atoms with Crippen molar-refractivity contribution in [3.05, 3.63) is 101 Å². The summed E-state index contributed by atoms with van der Waals surface area (Å²) in [6, 6.07) is 18.5. The first-order valence-corrected chi connectivity index (χ1v) is 17.4. The number of aryl methyl sites for hydroxylation is 1. The summed E-state index contributed by atoms with van der Waals surface area (Å²) in [5.41, 5.74) is 1.10. The fourth-order valence-electron chi connectivity index (χ4n) is 5.96. The van der Waals surface area contributed by atoms with Crippen LogP contribution in [0.3, 0.4) is 0 Å². The third kappa shape index (κ3) is 6.61. The Labute approximate surface area is 293 Å². The number of benzene rings is 3. The van der Waals surface area contributed by atoms with Crippen molar-refractivity contribution in [3.8, 4) is 16.9 Å². The van der Waals surface area contributed by atoms with Gasteiger partial charge in [0.1, 0.15) is 11.6 Å².